The molecular weight excluding hydrogens is 653 g/mol. The number of fused-ring (bicyclic) bond motifs is 10. The van der Waals surface area contributed by atoms with E-state index in [4.69, 9.17) is 9.97 Å². The van der Waals surface area contributed by atoms with Gasteiger partial charge in [0.05, 0.1) is 11.1 Å². The van der Waals surface area contributed by atoms with Crippen molar-refractivity contribution in [3.05, 3.63) is 215 Å². The molecule has 0 saturated carbocycles. The fraction of sp³-hybridized carbons (Fsp3) is 0.154. The Morgan fingerprint density at radius 3 is 2.15 bits per heavy atom. The third kappa shape index (κ3) is 5.65. The van der Waals surface area contributed by atoms with Gasteiger partial charge in [-0.3, -0.25) is 9.97 Å². The molecule has 9 rings (SSSR count). The summed E-state index contributed by atoms with van der Waals surface area (Å²) in [7, 11) is 0. The molecule has 0 amide bonds. The molecule has 1 spiro atoms. The number of rotatable bonds is 8. The number of hydrogen-bond acceptors (Lipinski definition) is 2. The molecular formula is C52H44N2. The summed E-state index contributed by atoms with van der Waals surface area (Å²) in [5.74, 6) is 0.272. The van der Waals surface area contributed by atoms with Gasteiger partial charge in [-0.25, -0.2) is 0 Å². The highest BCUT2D eigenvalue weighted by atomic mass is 14.7. The Kier molecular flexibility index (Phi) is 8.97. The molecule has 54 heavy (non-hydrogen) atoms. The fourth-order valence-electron chi connectivity index (χ4n) is 9.03. The molecule has 262 valence electrons. The maximum absolute atomic E-state index is 5.00. The Hall–Kier alpha value is -6.12. The molecule has 2 nitrogen and oxygen atoms in total. The predicted molar refractivity (Wildman–Crippen MR) is 226 cm³/mol. The summed E-state index contributed by atoms with van der Waals surface area (Å²) in [6, 6.07) is 43.0. The largest absolute Gasteiger partial charge is 0.261 e. The monoisotopic (exact) mass is 696 g/mol. The third-order valence-electron chi connectivity index (χ3n) is 11.6. The summed E-state index contributed by atoms with van der Waals surface area (Å²) in [6.45, 7) is 4.40. The van der Waals surface area contributed by atoms with Crippen molar-refractivity contribution in [1.82, 2.24) is 9.97 Å². The van der Waals surface area contributed by atoms with Gasteiger partial charge in [-0.05, 0) is 123 Å². The van der Waals surface area contributed by atoms with Gasteiger partial charge in [-0.15, -0.1) is 0 Å². The van der Waals surface area contributed by atoms with Gasteiger partial charge in [-0.2, -0.15) is 0 Å². The van der Waals surface area contributed by atoms with Crippen LogP contribution in [0.5, 0.6) is 0 Å². The summed E-state index contributed by atoms with van der Waals surface area (Å²) in [4.78, 5) is 9.72. The lowest BCUT2D eigenvalue weighted by Crippen LogP contribution is -2.26. The molecule has 2 heteroatoms. The highest BCUT2D eigenvalue weighted by Gasteiger charge is 2.51. The molecule has 6 aromatic rings. The molecule has 2 aromatic heterocycles. The molecule has 0 saturated heterocycles. The van der Waals surface area contributed by atoms with Crippen molar-refractivity contribution in [3.8, 4) is 33.4 Å². The van der Waals surface area contributed by atoms with Crippen molar-refractivity contribution in [2.75, 3.05) is 0 Å². The molecule has 0 fully saturated rings. The first kappa shape index (κ1) is 33.7. The van der Waals surface area contributed by atoms with Crippen LogP contribution in [0, 0.1) is 0 Å². The summed E-state index contributed by atoms with van der Waals surface area (Å²) in [6.07, 6.45) is 25.8. The lowest BCUT2D eigenvalue weighted by Gasteiger charge is -2.31. The number of benzene rings is 4. The van der Waals surface area contributed by atoms with Crippen LogP contribution in [0.25, 0.3) is 44.5 Å². The third-order valence-corrected chi connectivity index (χ3v) is 11.6. The van der Waals surface area contributed by atoms with E-state index in [1.807, 2.05) is 12.3 Å². The minimum absolute atomic E-state index is 0.272. The van der Waals surface area contributed by atoms with Crippen LogP contribution in [0.2, 0.25) is 0 Å². The highest BCUT2D eigenvalue weighted by molar-refractivity contribution is 5.96. The molecule has 2 heterocycles. The molecule has 4 aromatic carbocycles. The molecule has 0 aliphatic heterocycles. The van der Waals surface area contributed by atoms with Gasteiger partial charge in [0.2, 0.25) is 0 Å². The first-order valence-electron chi connectivity index (χ1n) is 19.4. The standard InChI is InChI=1S/C52H44N2/c1-3-16-37(50-23-14-15-32-53-50)25-24-36(4-2)39-26-29-44-45-30-27-40(41-28-31-51(54-35-41)38-17-8-6-5-7-9-18-38)34-49(45)52(48(44)33-39)46-21-12-10-19-42(46)43-20-11-13-22-47(43)52/h4-8,10-15,17,19-35,37H,3,9,16,18H2,1-2H3/b7-5-,8-6-,25-24-,36-4+,38-17+. The Balaban J connectivity index is 1.18. The summed E-state index contributed by atoms with van der Waals surface area (Å²) in [5.41, 5.74) is 18.4. The first-order valence-corrected chi connectivity index (χ1v) is 19.4. The van der Waals surface area contributed by atoms with E-state index in [0.29, 0.717) is 0 Å². The van der Waals surface area contributed by atoms with Crippen molar-refractivity contribution < 1.29 is 0 Å². The number of allylic oxidation sites excluding steroid dienone is 10. The van der Waals surface area contributed by atoms with Crippen LogP contribution in [-0.4, -0.2) is 9.97 Å². The lowest BCUT2D eigenvalue weighted by molar-refractivity contribution is 0.699. The highest BCUT2D eigenvalue weighted by Crippen LogP contribution is 2.63. The number of nitrogens with zero attached hydrogens (tertiary/aromatic N) is 2. The minimum Gasteiger partial charge on any atom is -0.261 e. The van der Waals surface area contributed by atoms with Gasteiger partial charge in [0.15, 0.2) is 0 Å². The van der Waals surface area contributed by atoms with Gasteiger partial charge in [0.1, 0.15) is 0 Å². The van der Waals surface area contributed by atoms with Gasteiger partial charge < -0.3 is 0 Å². The zero-order valence-corrected chi connectivity index (χ0v) is 31.0. The Morgan fingerprint density at radius 2 is 1.43 bits per heavy atom. The van der Waals surface area contributed by atoms with Crippen LogP contribution in [0.1, 0.15) is 84.7 Å². The Labute approximate surface area is 319 Å². The van der Waals surface area contributed by atoms with Gasteiger partial charge in [0.25, 0.3) is 0 Å². The second kappa shape index (κ2) is 14.4. The van der Waals surface area contributed by atoms with Crippen LogP contribution in [0.15, 0.2) is 176 Å². The topological polar surface area (TPSA) is 25.8 Å². The normalized spacial score (nSPS) is 17.8. The van der Waals surface area contributed by atoms with Crippen LogP contribution in [0.3, 0.4) is 0 Å². The minimum atomic E-state index is -0.442. The Morgan fingerprint density at radius 1 is 0.704 bits per heavy atom. The smallest absolute Gasteiger partial charge is 0.0725 e. The molecule has 0 N–H and O–H groups in total. The summed E-state index contributed by atoms with van der Waals surface area (Å²) < 4.78 is 0. The van der Waals surface area contributed by atoms with E-state index in [1.165, 1.54) is 66.8 Å². The van der Waals surface area contributed by atoms with E-state index in [0.717, 1.165) is 42.6 Å². The van der Waals surface area contributed by atoms with E-state index in [9.17, 15) is 0 Å². The average Bonchev–Trinajstić information content (AvgIpc) is 3.68. The van der Waals surface area contributed by atoms with Crippen LogP contribution >= 0.6 is 0 Å². The van der Waals surface area contributed by atoms with Crippen LogP contribution in [0.4, 0.5) is 0 Å². The number of hydrogen-bond donors (Lipinski definition) is 0. The maximum atomic E-state index is 5.00. The van der Waals surface area contributed by atoms with E-state index in [2.05, 4.69) is 178 Å². The Bertz CT molecular complexity index is 2460. The first-order chi connectivity index (χ1) is 26.7. The van der Waals surface area contributed by atoms with Crippen molar-refractivity contribution in [2.45, 2.75) is 50.9 Å². The molecule has 0 radical (unpaired) electrons. The van der Waals surface area contributed by atoms with Crippen LogP contribution in [-0.2, 0) is 5.41 Å². The molecule has 1 atom stereocenters. The second-order valence-electron chi connectivity index (χ2n) is 14.6. The molecule has 1 unspecified atom stereocenters. The van der Waals surface area contributed by atoms with Crippen LogP contribution < -0.4 is 0 Å². The zero-order valence-electron chi connectivity index (χ0n) is 31.0. The average molecular weight is 697 g/mol. The molecule has 3 aliphatic rings. The molecule has 0 bridgehead atoms. The quantitative estimate of drug-likeness (QED) is 0.148. The van der Waals surface area contributed by atoms with Crippen molar-refractivity contribution in [1.29, 1.82) is 0 Å². The lowest BCUT2D eigenvalue weighted by atomic mass is 9.70. The van der Waals surface area contributed by atoms with E-state index in [1.54, 1.807) is 0 Å². The maximum Gasteiger partial charge on any atom is 0.0725 e. The summed E-state index contributed by atoms with van der Waals surface area (Å²) in [5, 5.41) is 0. The van der Waals surface area contributed by atoms with E-state index >= 15 is 0 Å². The van der Waals surface area contributed by atoms with Crippen molar-refractivity contribution in [3.63, 3.8) is 0 Å². The van der Waals surface area contributed by atoms with E-state index in [-0.39, 0.29) is 5.92 Å². The number of pyridine rings is 2. The molecule has 3 aliphatic carbocycles. The number of aromatic nitrogens is 2. The van der Waals surface area contributed by atoms with E-state index < -0.39 is 5.41 Å². The summed E-state index contributed by atoms with van der Waals surface area (Å²) >= 11 is 0. The second-order valence-corrected chi connectivity index (χ2v) is 14.6. The fourth-order valence-corrected chi connectivity index (χ4v) is 9.03. The van der Waals surface area contributed by atoms with Gasteiger partial charge in [-0.1, -0.05) is 147 Å². The van der Waals surface area contributed by atoms with Gasteiger partial charge >= 0.3 is 0 Å². The zero-order chi connectivity index (χ0) is 36.5. The van der Waals surface area contributed by atoms with Crippen molar-refractivity contribution >= 4 is 11.1 Å². The predicted octanol–water partition coefficient (Wildman–Crippen LogP) is 13.3. The van der Waals surface area contributed by atoms with Gasteiger partial charge in [0, 0.05) is 29.6 Å². The SMILES string of the molecule is C/C=C(\C=C/C(CCC)c1ccccn1)c1ccc2c(c1)C1(c3ccccc3-c3ccccc31)c1cc(-c3ccc(/C4=C/C=C\C=C/CC4)nc3)ccc1-2. The van der Waals surface area contributed by atoms with Crippen molar-refractivity contribution in [2.24, 2.45) is 0 Å².